The van der Waals surface area contributed by atoms with Crippen LogP contribution in [0.4, 0.5) is 0 Å². The summed E-state index contributed by atoms with van der Waals surface area (Å²) in [5.41, 5.74) is 16.9. The van der Waals surface area contributed by atoms with Crippen molar-refractivity contribution in [2.24, 2.45) is 0 Å². The van der Waals surface area contributed by atoms with Crippen molar-refractivity contribution in [1.82, 2.24) is 9.13 Å². The summed E-state index contributed by atoms with van der Waals surface area (Å²) in [6.45, 7) is 0. The third-order valence-electron chi connectivity index (χ3n) is 12.3. The molecule has 2 aromatic heterocycles. The third-order valence-corrected chi connectivity index (χ3v) is 12.3. The summed E-state index contributed by atoms with van der Waals surface area (Å²) in [6, 6.07) is 84.1. The number of fused-ring (bicyclic) bond motifs is 7. The lowest BCUT2D eigenvalue weighted by molar-refractivity contribution is 1.18. The van der Waals surface area contributed by atoms with Crippen LogP contribution < -0.4 is 0 Å². The van der Waals surface area contributed by atoms with E-state index in [9.17, 15) is 0 Å². The van der Waals surface area contributed by atoms with Gasteiger partial charge in [-0.3, -0.25) is 0 Å². The fraction of sp³-hybridized carbons (Fsp3) is 0. The lowest BCUT2D eigenvalue weighted by Crippen LogP contribution is -1.97. The van der Waals surface area contributed by atoms with Crippen molar-refractivity contribution in [3.8, 4) is 55.9 Å². The highest BCUT2D eigenvalue weighted by atomic mass is 15.0. The molecule has 0 amide bonds. The van der Waals surface area contributed by atoms with Gasteiger partial charge in [-0.2, -0.15) is 0 Å². The average molecular weight is 763 g/mol. The fourth-order valence-electron chi connectivity index (χ4n) is 9.60. The summed E-state index contributed by atoms with van der Waals surface area (Å²) in [5, 5.41) is 7.51. The molecule has 280 valence electrons. The Morgan fingerprint density at radius 2 is 0.683 bits per heavy atom. The predicted octanol–water partition coefficient (Wildman–Crippen LogP) is 15.7. The van der Waals surface area contributed by atoms with Crippen LogP contribution in [0.15, 0.2) is 231 Å². The third kappa shape index (κ3) is 5.42. The predicted molar refractivity (Wildman–Crippen MR) is 254 cm³/mol. The molecule has 12 rings (SSSR count). The highest BCUT2D eigenvalue weighted by molar-refractivity contribution is 6.13. The molecule has 0 aliphatic carbocycles. The Labute approximate surface area is 348 Å². The maximum atomic E-state index is 2.43. The van der Waals surface area contributed by atoms with Gasteiger partial charge in [0.25, 0.3) is 0 Å². The Morgan fingerprint density at radius 3 is 1.30 bits per heavy atom. The highest BCUT2D eigenvalue weighted by Crippen LogP contribution is 2.41. The number of hydrogen-bond donors (Lipinski definition) is 0. The van der Waals surface area contributed by atoms with Crippen LogP contribution in [-0.2, 0) is 0 Å². The molecule has 0 spiro atoms. The zero-order valence-corrected chi connectivity index (χ0v) is 32.8. The Hall–Kier alpha value is -7.94. The van der Waals surface area contributed by atoms with Crippen LogP contribution in [0.5, 0.6) is 0 Å². The van der Waals surface area contributed by atoms with E-state index in [0.717, 1.165) is 5.69 Å². The van der Waals surface area contributed by atoms with Crippen LogP contribution >= 0.6 is 0 Å². The van der Waals surface area contributed by atoms with Gasteiger partial charge in [-0.15, -0.1) is 0 Å². The first-order chi connectivity index (χ1) is 29.8. The van der Waals surface area contributed by atoms with E-state index in [4.69, 9.17) is 0 Å². The van der Waals surface area contributed by atoms with Crippen molar-refractivity contribution in [3.63, 3.8) is 0 Å². The monoisotopic (exact) mass is 762 g/mol. The minimum atomic E-state index is 1.14. The fourth-order valence-corrected chi connectivity index (χ4v) is 9.60. The van der Waals surface area contributed by atoms with E-state index >= 15 is 0 Å². The Kier molecular flexibility index (Phi) is 7.89. The second kappa shape index (κ2) is 13.9. The minimum absolute atomic E-state index is 1.14. The maximum absolute atomic E-state index is 2.43. The van der Waals surface area contributed by atoms with E-state index in [-0.39, 0.29) is 0 Å². The quantitative estimate of drug-likeness (QED) is 0.160. The molecule has 0 bridgehead atoms. The van der Waals surface area contributed by atoms with Gasteiger partial charge < -0.3 is 9.13 Å². The molecule has 0 atom stereocenters. The van der Waals surface area contributed by atoms with Crippen LogP contribution in [0.1, 0.15) is 0 Å². The molecule has 0 saturated carbocycles. The number of aromatic nitrogens is 2. The molecule has 2 nitrogen and oxygen atoms in total. The van der Waals surface area contributed by atoms with Crippen LogP contribution in [-0.4, -0.2) is 9.13 Å². The van der Waals surface area contributed by atoms with Crippen molar-refractivity contribution in [3.05, 3.63) is 231 Å². The molecule has 0 aliphatic rings. The van der Waals surface area contributed by atoms with Gasteiger partial charge in [0.05, 0.1) is 27.8 Å². The Balaban J connectivity index is 0.968. The van der Waals surface area contributed by atoms with Crippen molar-refractivity contribution < 1.29 is 0 Å². The highest BCUT2D eigenvalue weighted by Gasteiger charge is 2.18. The minimum Gasteiger partial charge on any atom is -0.309 e. The molecule has 0 unspecified atom stereocenters. The number of rotatable bonds is 6. The van der Waals surface area contributed by atoms with E-state index in [1.807, 2.05) is 0 Å². The van der Waals surface area contributed by atoms with Crippen molar-refractivity contribution >= 4 is 54.4 Å². The molecule has 10 aromatic carbocycles. The van der Waals surface area contributed by atoms with Gasteiger partial charge in [-0.1, -0.05) is 176 Å². The summed E-state index contributed by atoms with van der Waals surface area (Å²) in [6.07, 6.45) is 0. The molecule has 0 N–H and O–H groups in total. The van der Waals surface area contributed by atoms with E-state index < -0.39 is 0 Å². The summed E-state index contributed by atoms with van der Waals surface area (Å²) >= 11 is 0. The zero-order valence-electron chi connectivity index (χ0n) is 32.8. The van der Waals surface area contributed by atoms with Gasteiger partial charge in [0.2, 0.25) is 0 Å². The first-order valence-corrected chi connectivity index (χ1v) is 20.7. The average Bonchev–Trinajstić information content (AvgIpc) is 3.84. The van der Waals surface area contributed by atoms with Gasteiger partial charge in [0.15, 0.2) is 0 Å². The Bertz CT molecular complexity index is 3570. The van der Waals surface area contributed by atoms with Gasteiger partial charge in [0, 0.05) is 32.8 Å². The van der Waals surface area contributed by atoms with Gasteiger partial charge in [-0.05, 0) is 104 Å². The van der Waals surface area contributed by atoms with E-state index in [1.165, 1.54) is 105 Å². The molecule has 0 radical (unpaired) electrons. The second-order valence-corrected chi connectivity index (χ2v) is 15.7. The molecular formula is C58H38N2. The summed E-state index contributed by atoms with van der Waals surface area (Å²) in [4.78, 5) is 0. The van der Waals surface area contributed by atoms with Crippen LogP contribution in [0.2, 0.25) is 0 Å². The molecule has 12 aromatic rings. The van der Waals surface area contributed by atoms with Crippen LogP contribution in [0.3, 0.4) is 0 Å². The van der Waals surface area contributed by atoms with Crippen molar-refractivity contribution in [1.29, 1.82) is 0 Å². The number of para-hydroxylation sites is 3. The Morgan fingerprint density at radius 1 is 0.250 bits per heavy atom. The van der Waals surface area contributed by atoms with Crippen molar-refractivity contribution in [2.75, 3.05) is 0 Å². The number of hydrogen-bond acceptors (Lipinski definition) is 0. The summed E-state index contributed by atoms with van der Waals surface area (Å²) in [5.74, 6) is 0. The standard InChI is InChI=1S/C58H38N2/c1-3-15-39(16-4-1)46-21-7-10-26-53(46)60-55-28-12-9-23-50(55)52-38-44(32-36-57(52)60)43-31-35-56-51(37-43)49-22-8-11-27-54(49)59(56)45-33-29-41(30-34-45)48-25-14-20-42-19-13-24-47(58(42)48)40-17-5-2-6-18-40/h1-38H. The molecular weight excluding hydrogens is 725 g/mol. The van der Waals surface area contributed by atoms with Crippen LogP contribution in [0.25, 0.3) is 110 Å². The van der Waals surface area contributed by atoms with Crippen molar-refractivity contribution in [2.45, 2.75) is 0 Å². The normalized spacial score (nSPS) is 11.7. The molecule has 0 fully saturated rings. The first-order valence-electron chi connectivity index (χ1n) is 20.7. The topological polar surface area (TPSA) is 9.86 Å². The molecule has 60 heavy (non-hydrogen) atoms. The molecule has 2 heteroatoms. The van der Waals surface area contributed by atoms with Gasteiger partial charge in [-0.25, -0.2) is 0 Å². The molecule has 2 heterocycles. The number of nitrogens with zero attached hydrogens (tertiary/aromatic N) is 2. The molecule has 0 aliphatic heterocycles. The van der Waals surface area contributed by atoms with E-state index in [0.29, 0.717) is 0 Å². The number of benzene rings is 10. The van der Waals surface area contributed by atoms with E-state index in [1.54, 1.807) is 0 Å². The smallest absolute Gasteiger partial charge is 0.0541 e. The lowest BCUT2D eigenvalue weighted by atomic mass is 9.91. The van der Waals surface area contributed by atoms with Gasteiger partial charge in [0.1, 0.15) is 0 Å². The zero-order chi connectivity index (χ0) is 39.6. The summed E-state index contributed by atoms with van der Waals surface area (Å²) < 4.78 is 4.85. The first kappa shape index (κ1) is 34.1. The summed E-state index contributed by atoms with van der Waals surface area (Å²) in [7, 11) is 0. The van der Waals surface area contributed by atoms with E-state index in [2.05, 4.69) is 240 Å². The maximum Gasteiger partial charge on any atom is 0.0541 e. The van der Waals surface area contributed by atoms with Gasteiger partial charge >= 0.3 is 0 Å². The molecule has 0 saturated heterocycles. The largest absolute Gasteiger partial charge is 0.309 e. The SMILES string of the molecule is c1ccc(-c2ccccc2-n2c3ccccc3c3cc(-c4ccc5c(c4)c4ccccc4n5-c4ccc(-c5cccc6cccc(-c7ccccc7)c56)cc4)ccc32)cc1. The second-order valence-electron chi connectivity index (χ2n) is 15.7. The lowest BCUT2D eigenvalue weighted by Gasteiger charge is -2.14. The van der Waals surface area contributed by atoms with Crippen LogP contribution in [0, 0.1) is 0 Å².